The minimum Gasteiger partial charge on any atom is -0.409 e. The van der Waals surface area contributed by atoms with Crippen LogP contribution in [-0.4, -0.2) is 33.5 Å². The number of aliphatic hydroxyl groups excluding tert-OH is 1. The molecule has 1 rings (SSSR count). The molecule has 0 saturated carbocycles. The highest BCUT2D eigenvalue weighted by Crippen LogP contribution is 2.21. The highest BCUT2D eigenvalue weighted by atomic mass is 32.2. The summed E-state index contributed by atoms with van der Waals surface area (Å²) < 4.78 is 0. The Morgan fingerprint density at radius 3 is 3.06 bits per heavy atom. The Morgan fingerprint density at radius 2 is 2.44 bits per heavy atom. The van der Waals surface area contributed by atoms with Crippen molar-refractivity contribution in [3.63, 3.8) is 0 Å². The highest BCUT2D eigenvalue weighted by molar-refractivity contribution is 7.99. The van der Waals surface area contributed by atoms with Crippen LogP contribution in [0.25, 0.3) is 0 Å². The molecule has 88 valence electrons. The van der Waals surface area contributed by atoms with Crippen LogP contribution in [0.2, 0.25) is 0 Å². The molecule has 1 unspecified atom stereocenters. The predicted molar refractivity (Wildman–Crippen MR) is 63.7 cm³/mol. The smallest absolute Gasteiger partial charge is 0.172 e. The molecule has 1 aromatic heterocycles. The number of rotatable bonds is 5. The number of thioether (sulfide) groups is 1. The number of nitrogens with zero attached hydrogens (tertiary/aromatic N) is 2. The maximum absolute atomic E-state index is 8.92. The van der Waals surface area contributed by atoms with Crippen LogP contribution in [0.5, 0.6) is 0 Å². The molecule has 5 nitrogen and oxygen atoms in total. The summed E-state index contributed by atoms with van der Waals surface area (Å²) in [6.45, 7) is 2.08. The van der Waals surface area contributed by atoms with Crippen LogP contribution in [0.15, 0.2) is 28.5 Å². The monoisotopic (exact) mass is 241 g/mol. The quantitative estimate of drug-likeness (QED) is 0.234. The van der Waals surface area contributed by atoms with E-state index in [1.54, 1.807) is 18.3 Å². The average Bonchev–Trinajstić information content (AvgIpc) is 2.35. The van der Waals surface area contributed by atoms with Crippen LogP contribution in [0, 0.1) is 5.92 Å². The normalized spacial score (nSPS) is 13.8. The number of aromatic nitrogens is 1. The van der Waals surface area contributed by atoms with E-state index in [1.165, 1.54) is 11.8 Å². The topological polar surface area (TPSA) is 91.7 Å². The number of amidine groups is 1. The van der Waals surface area contributed by atoms with Gasteiger partial charge in [-0.3, -0.25) is 0 Å². The number of pyridine rings is 1. The van der Waals surface area contributed by atoms with Gasteiger partial charge in [-0.1, -0.05) is 12.1 Å². The molecule has 4 N–H and O–H groups in total. The minimum atomic E-state index is 0.0484. The molecule has 0 bridgehead atoms. The lowest BCUT2D eigenvalue weighted by molar-refractivity contribution is 0.250. The lowest BCUT2D eigenvalue weighted by atomic mass is 10.2. The Morgan fingerprint density at radius 1 is 1.69 bits per heavy atom. The van der Waals surface area contributed by atoms with E-state index in [-0.39, 0.29) is 18.4 Å². The third kappa shape index (κ3) is 3.39. The number of oxime groups is 1. The second kappa shape index (κ2) is 6.34. The van der Waals surface area contributed by atoms with Crippen molar-refractivity contribution in [3.05, 3.63) is 23.9 Å². The molecule has 1 heterocycles. The zero-order chi connectivity index (χ0) is 12.0. The van der Waals surface area contributed by atoms with Crippen LogP contribution in [-0.2, 0) is 0 Å². The molecule has 0 spiro atoms. The third-order valence-electron chi connectivity index (χ3n) is 1.97. The predicted octanol–water partition coefficient (Wildman–Crippen LogP) is 0.897. The maximum Gasteiger partial charge on any atom is 0.172 e. The Kier molecular flexibility index (Phi) is 5.07. The first-order valence-electron chi connectivity index (χ1n) is 4.85. The third-order valence-corrected chi connectivity index (χ3v) is 3.31. The van der Waals surface area contributed by atoms with Gasteiger partial charge >= 0.3 is 0 Å². The second-order valence-corrected chi connectivity index (χ2v) is 4.45. The van der Waals surface area contributed by atoms with E-state index >= 15 is 0 Å². The van der Waals surface area contributed by atoms with Crippen LogP contribution in [0.4, 0.5) is 0 Å². The lowest BCUT2D eigenvalue weighted by Gasteiger charge is -2.09. The fourth-order valence-electron chi connectivity index (χ4n) is 1.03. The molecule has 16 heavy (non-hydrogen) atoms. The number of hydrogen-bond acceptors (Lipinski definition) is 5. The molecule has 6 heteroatoms. The summed E-state index contributed by atoms with van der Waals surface area (Å²) in [6, 6.07) is 3.47. The Bertz CT molecular complexity index is 371. The first-order valence-corrected chi connectivity index (χ1v) is 5.84. The van der Waals surface area contributed by atoms with Gasteiger partial charge in [0.2, 0.25) is 0 Å². The first kappa shape index (κ1) is 12.8. The Labute approximate surface area is 98.4 Å². The van der Waals surface area contributed by atoms with Gasteiger partial charge in [0.1, 0.15) is 5.03 Å². The van der Waals surface area contributed by atoms with Gasteiger partial charge in [0, 0.05) is 18.6 Å². The molecule has 0 aliphatic heterocycles. The molecule has 0 saturated heterocycles. The Hall–Kier alpha value is -1.27. The summed E-state index contributed by atoms with van der Waals surface area (Å²) in [5.74, 6) is 0.971. The molecule has 1 atom stereocenters. The molecule has 0 radical (unpaired) electrons. The average molecular weight is 241 g/mol. The summed E-state index contributed by atoms with van der Waals surface area (Å²) in [5, 5.41) is 21.2. The van der Waals surface area contributed by atoms with Crippen LogP contribution >= 0.6 is 11.8 Å². The summed E-state index contributed by atoms with van der Waals surface area (Å²) in [5.41, 5.74) is 6.14. The van der Waals surface area contributed by atoms with Gasteiger partial charge in [-0.05, 0) is 18.1 Å². The van der Waals surface area contributed by atoms with Crippen molar-refractivity contribution in [1.29, 1.82) is 0 Å². The molecular weight excluding hydrogens is 226 g/mol. The van der Waals surface area contributed by atoms with E-state index in [9.17, 15) is 0 Å². The van der Waals surface area contributed by atoms with E-state index in [4.69, 9.17) is 16.0 Å². The fourth-order valence-corrected chi connectivity index (χ4v) is 2.04. The van der Waals surface area contributed by atoms with E-state index in [2.05, 4.69) is 10.1 Å². The summed E-state index contributed by atoms with van der Waals surface area (Å²) in [6.07, 6.45) is 1.65. The summed E-state index contributed by atoms with van der Waals surface area (Å²) in [4.78, 5) is 4.16. The molecule has 0 fully saturated rings. The number of aliphatic hydroxyl groups is 1. The van der Waals surface area contributed by atoms with Gasteiger partial charge in [-0.25, -0.2) is 4.98 Å². The lowest BCUT2D eigenvalue weighted by Crippen LogP contribution is -2.15. The summed E-state index contributed by atoms with van der Waals surface area (Å²) >= 11 is 1.48. The van der Waals surface area contributed by atoms with E-state index in [0.29, 0.717) is 10.6 Å². The number of hydrogen-bond donors (Lipinski definition) is 3. The minimum absolute atomic E-state index is 0.0484. The fraction of sp³-hybridized carbons (Fsp3) is 0.400. The standard InChI is InChI=1S/C10H15N3O2S/c1-7(5-14)6-16-10-8(9(11)13-15)3-2-4-12-10/h2-4,7,14-15H,5-6H2,1H3,(H2,11,13). The van der Waals surface area contributed by atoms with Gasteiger partial charge in [0.05, 0.1) is 5.56 Å². The number of nitrogens with two attached hydrogens (primary N) is 1. The molecule has 0 aromatic carbocycles. The van der Waals surface area contributed by atoms with Gasteiger partial charge < -0.3 is 16.0 Å². The first-order chi connectivity index (χ1) is 7.69. The molecule has 0 amide bonds. The van der Waals surface area contributed by atoms with Crippen molar-refractivity contribution in [2.24, 2.45) is 16.8 Å². The SMILES string of the molecule is CC(CO)CSc1ncccc1/C(N)=N/O. The second-order valence-electron chi connectivity index (χ2n) is 3.44. The van der Waals surface area contributed by atoms with Crippen molar-refractivity contribution in [1.82, 2.24) is 4.98 Å². The largest absolute Gasteiger partial charge is 0.409 e. The van der Waals surface area contributed by atoms with Crippen molar-refractivity contribution in [2.75, 3.05) is 12.4 Å². The molecular formula is C10H15N3O2S. The molecule has 1 aromatic rings. The van der Waals surface area contributed by atoms with Crippen LogP contribution < -0.4 is 5.73 Å². The van der Waals surface area contributed by atoms with Gasteiger partial charge in [-0.2, -0.15) is 0 Å². The molecule has 0 aliphatic carbocycles. The maximum atomic E-state index is 8.92. The zero-order valence-corrected chi connectivity index (χ0v) is 9.81. The van der Waals surface area contributed by atoms with Crippen molar-refractivity contribution in [3.8, 4) is 0 Å². The van der Waals surface area contributed by atoms with Crippen molar-refractivity contribution < 1.29 is 10.3 Å². The summed E-state index contributed by atoms with van der Waals surface area (Å²) in [7, 11) is 0. The van der Waals surface area contributed by atoms with Crippen LogP contribution in [0.1, 0.15) is 12.5 Å². The van der Waals surface area contributed by atoms with E-state index in [0.717, 1.165) is 5.75 Å². The zero-order valence-electron chi connectivity index (χ0n) is 9.00. The van der Waals surface area contributed by atoms with Crippen LogP contribution in [0.3, 0.4) is 0 Å². The van der Waals surface area contributed by atoms with Gasteiger partial charge in [0.15, 0.2) is 5.84 Å². The Balaban J connectivity index is 2.79. The van der Waals surface area contributed by atoms with Crippen molar-refractivity contribution in [2.45, 2.75) is 11.9 Å². The van der Waals surface area contributed by atoms with E-state index in [1.807, 2.05) is 6.92 Å². The van der Waals surface area contributed by atoms with E-state index < -0.39 is 0 Å². The highest BCUT2D eigenvalue weighted by Gasteiger charge is 2.09. The van der Waals surface area contributed by atoms with Gasteiger partial charge in [-0.15, -0.1) is 11.8 Å². The van der Waals surface area contributed by atoms with Gasteiger partial charge in [0.25, 0.3) is 0 Å². The van der Waals surface area contributed by atoms with Crippen molar-refractivity contribution >= 4 is 17.6 Å². The molecule has 0 aliphatic rings.